The molecule has 0 aromatic rings. The van der Waals surface area contributed by atoms with Crippen LogP contribution in [0.4, 0.5) is 0 Å². The second kappa shape index (κ2) is 6.55. The maximum atomic E-state index is 5.88. The summed E-state index contributed by atoms with van der Waals surface area (Å²) in [7, 11) is 0. The quantitative estimate of drug-likeness (QED) is 0.848. The smallest absolute Gasteiger partial charge is 0.0641 e. The summed E-state index contributed by atoms with van der Waals surface area (Å²) in [6, 6.07) is 1.35. The molecule has 0 saturated carbocycles. The molecule has 0 aliphatic carbocycles. The summed E-state index contributed by atoms with van der Waals surface area (Å²) in [6.45, 7) is 13.8. The van der Waals surface area contributed by atoms with E-state index in [9.17, 15) is 0 Å². The van der Waals surface area contributed by atoms with Gasteiger partial charge in [0.15, 0.2) is 0 Å². The maximum absolute atomic E-state index is 5.88. The highest BCUT2D eigenvalue weighted by Crippen LogP contribution is 2.29. The molecule has 2 saturated heterocycles. The van der Waals surface area contributed by atoms with E-state index in [0.717, 1.165) is 12.5 Å². The molecule has 3 nitrogen and oxygen atoms in total. The Morgan fingerprint density at radius 2 is 1.89 bits per heavy atom. The van der Waals surface area contributed by atoms with Crippen LogP contribution in [-0.4, -0.2) is 48.8 Å². The van der Waals surface area contributed by atoms with Crippen molar-refractivity contribution in [3.05, 3.63) is 0 Å². The van der Waals surface area contributed by atoms with E-state index in [1.54, 1.807) is 0 Å². The maximum Gasteiger partial charge on any atom is 0.0641 e. The highest BCUT2D eigenvalue weighted by atomic mass is 16.5. The molecule has 1 unspecified atom stereocenters. The molecule has 3 heteroatoms. The first-order valence-electron chi connectivity index (χ1n) is 8.08. The van der Waals surface area contributed by atoms with Gasteiger partial charge in [-0.1, -0.05) is 0 Å². The van der Waals surface area contributed by atoms with Gasteiger partial charge in [0.1, 0.15) is 0 Å². The number of ether oxygens (including phenoxy) is 1. The standard InChI is InChI=1S/C16H32N2O/c1-13(2)18(12-14-5-8-17-9-6-14)15-7-10-19-16(3,4)11-15/h13-15,17H,5-12H2,1-4H3. The molecule has 0 spiro atoms. The Bertz CT molecular complexity index is 272. The number of nitrogens with one attached hydrogen (secondary N) is 1. The molecule has 19 heavy (non-hydrogen) atoms. The van der Waals surface area contributed by atoms with Crippen LogP contribution >= 0.6 is 0 Å². The van der Waals surface area contributed by atoms with Crippen molar-refractivity contribution in [2.45, 2.75) is 71.1 Å². The number of hydrogen-bond acceptors (Lipinski definition) is 3. The van der Waals surface area contributed by atoms with Gasteiger partial charge in [0.05, 0.1) is 5.60 Å². The van der Waals surface area contributed by atoms with Gasteiger partial charge < -0.3 is 10.1 Å². The Morgan fingerprint density at radius 3 is 2.47 bits per heavy atom. The van der Waals surface area contributed by atoms with Crippen LogP contribution in [0.1, 0.15) is 53.4 Å². The largest absolute Gasteiger partial charge is 0.375 e. The average Bonchev–Trinajstić information content (AvgIpc) is 2.35. The third kappa shape index (κ3) is 4.44. The summed E-state index contributed by atoms with van der Waals surface area (Å²) in [4.78, 5) is 2.75. The summed E-state index contributed by atoms with van der Waals surface area (Å²) in [5, 5.41) is 3.47. The van der Waals surface area contributed by atoms with Gasteiger partial charge in [-0.25, -0.2) is 0 Å². The van der Waals surface area contributed by atoms with Gasteiger partial charge in [0, 0.05) is 25.2 Å². The van der Waals surface area contributed by atoms with E-state index in [1.165, 1.54) is 45.3 Å². The molecule has 0 bridgehead atoms. The van der Waals surface area contributed by atoms with E-state index in [2.05, 4.69) is 37.9 Å². The second-order valence-corrected chi connectivity index (χ2v) is 7.24. The van der Waals surface area contributed by atoms with Gasteiger partial charge in [-0.05, 0) is 72.4 Å². The molecule has 1 N–H and O–H groups in total. The zero-order valence-corrected chi connectivity index (χ0v) is 13.2. The topological polar surface area (TPSA) is 24.5 Å². The minimum absolute atomic E-state index is 0.0597. The molecular weight excluding hydrogens is 236 g/mol. The van der Waals surface area contributed by atoms with Crippen molar-refractivity contribution >= 4 is 0 Å². The zero-order valence-electron chi connectivity index (χ0n) is 13.2. The van der Waals surface area contributed by atoms with Crippen molar-refractivity contribution in [1.29, 1.82) is 0 Å². The van der Waals surface area contributed by atoms with Gasteiger partial charge in [-0.2, -0.15) is 0 Å². The monoisotopic (exact) mass is 268 g/mol. The van der Waals surface area contributed by atoms with Crippen LogP contribution in [0, 0.1) is 5.92 Å². The minimum atomic E-state index is 0.0597. The third-order valence-corrected chi connectivity index (χ3v) is 4.73. The Hall–Kier alpha value is -0.120. The fourth-order valence-electron chi connectivity index (χ4n) is 3.63. The lowest BCUT2D eigenvalue weighted by Crippen LogP contribution is -2.50. The first kappa shape index (κ1) is 15.3. The molecule has 2 aliphatic heterocycles. The molecule has 2 heterocycles. The molecule has 2 aliphatic rings. The van der Waals surface area contributed by atoms with Crippen molar-refractivity contribution < 1.29 is 4.74 Å². The summed E-state index contributed by atoms with van der Waals surface area (Å²) >= 11 is 0. The Morgan fingerprint density at radius 1 is 1.21 bits per heavy atom. The first-order valence-corrected chi connectivity index (χ1v) is 8.08. The van der Waals surface area contributed by atoms with Gasteiger partial charge in [-0.15, -0.1) is 0 Å². The Labute approximate surface area is 119 Å². The number of piperidine rings is 1. The summed E-state index contributed by atoms with van der Waals surface area (Å²) in [6.07, 6.45) is 5.06. The van der Waals surface area contributed by atoms with E-state index < -0.39 is 0 Å². The second-order valence-electron chi connectivity index (χ2n) is 7.24. The van der Waals surface area contributed by atoms with E-state index in [1.807, 2.05) is 0 Å². The Balaban J connectivity index is 1.94. The lowest BCUT2D eigenvalue weighted by molar-refractivity contribution is -0.0898. The number of rotatable bonds is 4. The lowest BCUT2D eigenvalue weighted by atomic mass is 9.90. The molecule has 0 radical (unpaired) electrons. The summed E-state index contributed by atoms with van der Waals surface area (Å²) in [5.74, 6) is 0.884. The highest BCUT2D eigenvalue weighted by molar-refractivity contribution is 4.87. The van der Waals surface area contributed by atoms with Crippen molar-refractivity contribution in [2.24, 2.45) is 5.92 Å². The average molecular weight is 268 g/mol. The Kier molecular flexibility index (Phi) is 5.27. The molecule has 1 atom stereocenters. The van der Waals surface area contributed by atoms with E-state index in [4.69, 9.17) is 4.74 Å². The zero-order chi connectivity index (χ0) is 13.9. The SMILES string of the molecule is CC(C)N(CC1CCNCC1)C1CCOC(C)(C)C1. The molecular formula is C16H32N2O. The van der Waals surface area contributed by atoms with Crippen molar-refractivity contribution in [1.82, 2.24) is 10.2 Å². The molecule has 2 fully saturated rings. The predicted octanol–water partition coefficient (Wildman–Crippen LogP) is 2.65. The van der Waals surface area contributed by atoms with Crippen LogP contribution in [0.25, 0.3) is 0 Å². The fourth-order valence-corrected chi connectivity index (χ4v) is 3.63. The van der Waals surface area contributed by atoms with Crippen molar-refractivity contribution in [2.75, 3.05) is 26.2 Å². The predicted molar refractivity (Wildman–Crippen MR) is 80.5 cm³/mol. The van der Waals surface area contributed by atoms with Crippen LogP contribution < -0.4 is 5.32 Å². The van der Waals surface area contributed by atoms with Crippen LogP contribution in [0.15, 0.2) is 0 Å². The highest BCUT2D eigenvalue weighted by Gasteiger charge is 2.34. The van der Waals surface area contributed by atoms with Gasteiger partial charge in [-0.3, -0.25) is 4.90 Å². The van der Waals surface area contributed by atoms with Crippen LogP contribution in [-0.2, 0) is 4.74 Å². The molecule has 0 aromatic carbocycles. The van der Waals surface area contributed by atoms with Crippen molar-refractivity contribution in [3.63, 3.8) is 0 Å². The van der Waals surface area contributed by atoms with Gasteiger partial charge in [0.25, 0.3) is 0 Å². The molecule has 112 valence electrons. The molecule has 2 rings (SSSR count). The molecule has 0 amide bonds. The van der Waals surface area contributed by atoms with Gasteiger partial charge in [0.2, 0.25) is 0 Å². The van der Waals surface area contributed by atoms with E-state index in [-0.39, 0.29) is 5.60 Å². The van der Waals surface area contributed by atoms with E-state index >= 15 is 0 Å². The minimum Gasteiger partial charge on any atom is -0.375 e. The van der Waals surface area contributed by atoms with E-state index in [0.29, 0.717) is 12.1 Å². The number of hydrogen-bond donors (Lipinski definition) is 1. The fraction of sp³-hybridized carbons (Fsp3) is 1.00. The van der Waals surface area contributed by atoms with Gasteiger partial charge >= 0.3 is 0 Å². The first-order chi connectivity index (χ1) is 8.98. The van der Waals surface area contributed by atoms with Crippen LogP contribution in [0.5, 0.6) is 0 Å². The summed E-state index contributed by atoms with van der Waals surface area (Å²) in [5.41, 5.74) is 0.0597. The lowest BCUT2D eigenvalue weighted by Gasteiger charge is -2.44. The summed E-state index contributed by atoms with van der Waals surface area (Å²) < 4.78 is 5.88. The van der Waals surface area contributed by atoms with Crippen molar-refractivity contribution in [3.8, 4) is 0 Å². The normalized spacial score (nSPS) is 29.1. The number of nitrogens with zero attached hydrogens (tertiary/aromatic N) is 1. The van der Waals surface area contributed by atoms with Crippen LogP contribution in [0.3, 0.4) is 0 Å². The van der Waals surface area contributed by atoms with Crippen LogP contribution in [0.2, 0.25) is 0 Å². The molecule has 0 aromatic heterocycles. The third-order valence-electron chi connectivity index (χ3n) is 4.73.